The number of hydrogen-bond acceptors (Lipinski definition) is 4. The molecule has 3 N–H and O–H groups in total. The van der Waals surface area contributed by atoms with Gasteiger partial charge in [0.25, 0.3) is 0 Å². The molecule has 2 aromatic carbocycles. The van der Waals surface area contributed by atoms with E-state index >= 15 is 0 Å². The third-order valence-corrected chi connectivity index (χ3v) is 3.94. The first-order chi connectivity index (χ1) is 12.6. The van der Waals surface area contributed by atoms with E-state index in [1.165, 1.54) is 0 Å². The van der Waals surface area contributed by atoms with Gasteiger partial charge in [-0.2, -0.15) is 0 Å². The molecule has 6 heteroatoms. The molecule has 0 saturated carbocycles. The van der Waals surface area contributed by atoms with Crippen molar-refractivity contribution >= 4 is 22.8 Å². The Morgan fingerprint density at radius 1 is 1.04 bits per heavy atom. The van der Waals surface area contributed by atoms with Crippen molar-refractivity contribution in [1.82, 2.24) is 14.9 Å². The van der Waals surface area contributed by atoms with Crippen molar-refractivity contribution in [2.75, 3.05) is 32.5 Å². The monoisotopic (exact) mass is 348 g/mol. The molecule has 0 aliphatic rings. The maximum Gasteiger partial charge on any atom is 0.230 e. The number of nitrogens with two attached hydrogens (primary N) is 1. The summed E-state index contributed by atoms with van der Waals surface area (Å²) in [5.41, 5.74) is 8.78. The van der Waals surface area contributed by atoms with E-state index < -0.39 is 0 Å². The molecule has 0 saturated heterocycles. The van der Waals surface area contributed by atoms with Gasteiger partial charge in [-0.3, -0.25) is 10.3 Å². The number of anilines is 1. The van der Waals surface area contributed by atoms with Gasteiger partial charge >= 0.3 is 0 Å². The van der Waals surface area contributed by atoms with Gasteiger partial charge in [-0.05, 0) is 33.1 Å². The van der Waals surface area contributed by atoms with Gasteiger partial charge in [0.1, 0.15) is 0 Å². The summed E-state index contributed by atoms with van der Waals surface area (Å²) >= 11 is 0. The Kier molecular flexibility index (Phi) is 5.76. The number of aliphatic imine (C=N–C) groups is 1. The normalized spacial score (nSPS) is 11.9. The molecule has 0 fully saturated rings. The van der Waals surface area contributed by atoms with Gasteiger partial charge in [-0.25, -0.2) is 9.97 Å². The summed E-state index contributed by atoms with van der Waals surface area (Å²) in [7, 11) is 4.08. The predicted octanol–water partition coefficient (Wildman–Crippen LogP) is 2.98. The highest BCUT2D eigenvalue weighted by Gasteiger charge is 2.10. The lowest BCUT2D eigenvalue weighted by atomic mass is 10.1. The highest BCUT2D eigenvalue weighted by Crippen LogP contribution is 2.26. The molecule has 0 aliphatic carbocycles. The quantitative estimate of drug-likeness (QED) is 0.407. The Morgan fingerprint density at radius 3 is 2.54 bits per heavy atom. The Balaban J connectivity index is 1.86. The Bertz CT molecular complexity index is 889. The number of guanidine groups is 1. The fourth-order valence-electron chi connectivity index (χ4n) is 2.69. The first-order valence-electron chi connectivity index (χ1n) is 8.67. The minimum atomic E-state index is 0.332. The molecule has 0 unspecified atom stereocenters. The fraction of sp³-hybridized carbons (Fsp3) is 0.250. The van der Waals surface area contributed by atoms with E-state index in [1.54, 1.807) is 0 Å². The lowest BCUT2D eigenvalue weighted by molar-refractivity contribution is 0.403. The number of aromatic nitrogens is 2. The number of fused-ring (bicyclic) bond motifs is 1. The molecule has 3 aromatic rings. The molecule has 0 spiro atoms. The van der Waals surface area contributed by atoms with Gasteiger partial charge in [-0.1, -0.05) is 48.5 Å². The summed E-state index contributed by atoms with van der Waals surface area (Å²) in [6.07, 6.45) is 0.948. The lowest BCUT2D eigenvalue weighted by Gasteiger charge is -2.10. The van der Waals surface area contributed by atoms with Gasteiger partial charge < -0.3 is 10.6 Å². The van der Waals surface area contributed by atoms with E-state index in [2.05, 4.69) is 25.2 Å². The number of nitrogens with zero attached hydrogens (tertiary/aromatic N) is 4. The first kappa shape index (κ1) is 17.8. The minimum Gasteiger partial charge on any atom is -0.370 e. The summed E-state index contributed by atoms with van der Waals surface area (Å²) in [5, 5.41) is 4.03. The SMILES string of the molecule is CN(C)CCCN=C(N)Nc1nc(-c2ccccc2)c2ccccc2n1. The van der Waals surface area contributed by atoms with Crippen molar-refractivity contribution in [2.45, 2.75) is 6.42 Å². The molecule has 0 atom stereocenters. The molecule has 0 radical (unpaired) electrons. The number of rotatable bonds is 6. The average Bonchev–Trinajstić information content (AvgIpc) is 2.65. The average molecular weight is 348 g/mol. The van der Waals surface area contributed by atoms with Gasteiger partial charge in [-0.15, -0.1) is 0 Å². The molecule has 0 aliphatic heterocycles. The van der Waals surface area contributed by atoms with Crippen molar-refractivity contribution in [1.29, 1.82) is 0 Å². The second-order valence-corrected chi connectivity index (χ2v) is 6.33. The maximum absolute atomic E-state index is 6.00. The van der Waals surface area contributed by atoms with Gasteiger partial charge in [0, 0.05) is 17.5 Å². The van der Waals surface area contributed by atoms with E-state index in [9.17, 15) is 0 Å². The summed E-state index contributed by atoms with van der Waals surface area (Å²) in [6, 6.07) is 18.0. The zero-order valence-electron chi connectivity index (χ0n) is 15.2. The van der Waals surface area contributed by atoms with Crippen LogP contribution in [0.1, 0.15) is 6.42 Å². The van der Waals surface area contributed by atoms with Crippen LogP contribution in [0.15, 0.2) is 59.6 Å². The molecule has 6 nitrogen and oxygen atoms in total. The van der Waals surface area contributed by atoms with E-state index in [0.717, 1.165) is 35.1 Å². The van der Waals surface area contributed by atoms with Crippen molar-refractivity contribution in [3.63, 3.8) is 0 Å². The highest BCUT2D eigenvalue weighted by atomic mass is 15.2. The molecule has 134 valence electrons. The van der Waals surface area contributed by atoms with E-state index in [0.29, 0.717) is 18.5 Å². The lowest BCUT2D eigenvalue weighted by Crippen LogP contribution is -2.24. The zero-order valence-corrected chi connectivity index (χ0v) is 15.2. The van der Waals surface area contributed by atoms with Crippen LogP contribution in [0.4, 0.5) is 5.95 Å². The second-order valence-electron chi connectivity index (χ2n) is 6.33. The molecule has 1 aromatic heterocycles. The van der Waals surface area contributed by atoms with Crippen LogP contribution in [0, 0.1) is 0 Å². The van der Waals surface area contributed by atoms with Crippen molar-refractivity contribution < 1.29 is 0 Å². The highest BCUT2D eigenvalue weighted by molar-refractivity contribution is 5.96. The third kappa shape index (κ3) is 4.55. The number of benzene rings is 2. The molecule has 1 heterocycles. The number of hydrogen-bond donors (Lipinski definition) is 2. The Morgan fingerprint density at radius 2 is 1.77 bits per heavy atom. The summed E-state index contributed by atoms with van der Waals surface area (Å²) in [6.45, 7) is 1.64. The maximum atomic E-state index is 6.00. The van der Waals surface area contributed by atoms with Crippen LogP contribution in [-0.4, -0.2) is 48.0 Å². The molecular formula is C20H24N6. The summed E-state index contributed by atoms with van der Waals surface area (Å²) < 4.78 is 0. The van der Waals surface area contributed by atoms with Crippen LogP contribution < -0.4 is 11.1 Å². The van der Waals surface area contributed by atoms with Crippen LogP contribution >= 0.6 is 0 Å². The van der Waals surface area contributed by atoms with E-state index in [-0.39, 0.29) is 0 Å². The predicted molar refractivity (Wildman–Crippen MR) is 108 cm³/mol. The summed E-state index contributed by atoms with van der Waals surface area (Å²) in [5.74, 6) is 0.787. The van der Waals surface area contributed by atoms with Crippen LogP contribution in [-0.2, 0) is 0 Å². The van der Waals surface area contributed by atoms with E-state index in [4.69, 9.17) is 5.73 Å². The molecule has 3 rings (SSSR count). The summed E-state index contributed by atoms with van der Waals surface area (Å²) in [4.78, 5) is 15.7. The third-order valence-electron chi connectivity index (χ3n) is 3.94. The van der Waals surface area contributed by atoms with E-state index in [1.807, 2.05) is 68.7 Å². The van der Waals surface area contributed by atoms with Crippen LogP contribution in [0.2, 0.25) is 0 Å². The number of nitrogens with one attached hydrogen (secondary N) is 1. The van der Waals surface area contributed by atoms with Crippen LogP contribution in [0.5, 0.6) is 0 Å². The van der Waals surface area contributed by atoms with Crippen molar-refractivity contribution in [3.8, 4) is 11.3 Å². The van der Waals surface area contributed by atoms with Crippen molar-refractivity contribution in [3.05, 3.63) is 54.6 Å². The molecular weight excluding hydrogens is 324 g/mol. The fourth-order valence-corrected chi connectivity index (χ4v) is 2.69. The standard InChI is InChI=1S/C20H24N6/c1-26(2)14-8-13-22-19(21)25-20-23-17-12-7-6-11-16(17)18(24-20)15-9-4-3-5-10-15/h3-7,9-12H,8,13-14H2,1-2H3,(H3,21,22,23,24,25). The van der Waals surface area contributed by atoms with Gasteiger partial charge in [0.05, 0.1) is 11.2 Å². The Hall–Kier alpha value is -2.99. The minimum absolute atomic E-state index is 0.332. The van der Waals surface area contributed by atoms with Gasteiger partial charge in [0.15, 0.2) is 5.96 Å². The number of para-hydroxylation sites is 1. The zero-order chi connectivity index (χ0) is 18.4. The molecule has 0 amide bonds. The van der Waals surface area contributed by atoms with Gasteiger partial charge in [0.2, 0.25) is 5.95 Å². The van der Waals surface area contributed by atoms with Crippen LogP contribution in [0.3, 0.4) is 0 Å². The topological polar surface area (TPSA) is 79.4 Å². The smallest absolute Gasteiger partial charge is 0.230 e. The molecule has 0 bridgehead atoms. The Labute approximate surface area is 153 Å². The largest absolute Gasteiger partial charge is 0.370 e. The first-order valence-corrected chi connectivity index (χ1v) is 8.67. The second kappa shape index (κ2) is 8.40. The molecule has 26 heavy (non-hydrogen) atoms. The van der Waals surface area contributed by atoms with Crippen molar-refractivity contribution in [2.24, 2.45) is 10.7 Å². The van der Waals surface area contributed by atoms with Crippen LogP contribution in [0.25, 0.3) is 22.2 Å².